The number of amides is 1. The molecule has 1 aliphatic rings. The predicted octanol–water partition coefficient (Wildman–Crippen LogP) is 4.67. The molecule has 1 heterocycles. The van der Waals surface area contributed by atoms with Gasteiger partial charge in [-0.15, -0.1) is 0 Å². The number of hydrazone groups is 1. The van der Waals surface area contributed by atoms with Crippen molar-refractivity contribution in [3.8, 4) is 11.5 Å². The molecule has 202 valence electrons. The molecule has 0 saturated carbocycles. The van der Waals surface area contributed by atoms with Gasteiger partial charge in [0.25, 0.3) is 5.91 Å². The zero-order chi connectivity index (χ0) is 27.8. The van der Waals surface area contributed by atoms with Gasteiger partial charge in [-0.1, -0.05) is 41.4 Å². The van der Waals surface area contributed by atoms with Crippen LogP contribution >= 0.6 is 35.4 Å². The third-order valence-corrected chi connectivity index (χ3v) is 5.86. The summed E-state index contributed by atoms with van der Waals surface area (Å²) in [6.07, 6.45) is 1.26. The minimum absolute atomic E-state index is 0.129. The summed E-state index contributed by atoms with van der Waals surface area (Å²) in [6, 6.07) is 9.59. The maximum atomic E-state index is 12.7. The maximum Gasteiger partial charge on any atom is 0.338 e. The molecule has 0 bridgehead atoms. The first-order valence-electron chi connectivity index (χ1n) is 11.7. The van der Waals surface area contributed by atoms with Crippen molar-refractivity contribution in [2.24, 2.45) is 5.10 Å². The van der Waals surface area contributed by atoms with Gasteiger partial charge in [0.05, 0.1) is 35.6 Å². The average Bonchev–Trinajstić information content (AvgIpc) is 2.84. The van der Waals surface area contributed by atoms with Crippen molar-refractivity contribution in [2.75, 3.05) is 13.2 Å². The zero-order valence-corrected chi connectivity index (χ0v) is 23.6. The highest BCUT2D eigenvalue weighted by atomic mass is 35.5. The second-order valence-electron chi connectivity index (χ2n) is 8.38. The van der Waals surface area contributed by atoms with E-state index in [2.05, 4.69) is 21.2 Å². The summed E-state index contributed by atoms with van der Waals surface area (Å²) in [6.45, 7) is 7.08. The predicted molar refractivity (Wildman–Crippen MR) is 151 cm³/mol. The van der Waals surface area contributed by atoms with Crippen molar-refractivity contribution in [1.29, 1.82) is 0 Å². The van der Waals surface area contributed by atoms with E-state index in [1.165, 1.54) is 6.21 Å². The van der Waals surface area contributed by atoms with Crippen LogP contribution in [0.3, 0.4) is 0 Å². The summed E-state index contributed by atoms with van der Waals surface area (Å²) in [5.74, 6) is -0.206. The lowest BCUT2D eigenvalue weighted by atomic mass is 9.95. The van der Waals surface area contributed by atoms with E-state index in [9.17, 15) is 9.59 Å². The van der Waals surface area contributed by atoms with Crippen LogP contribution in [0.25, 0.3) is 0 Å². The quantitative estimate of drug-likeness (QED) is 0.161. The highest BCUT2D eigenvalue weighted by molar-refractivity contribution is 7.80. The Hall–Kier alpha value is -3.34. The Labute approximate surface area is 236 Å². The number of esters is 1. The molecule has 0 fully saturated rings. The van der Waals surface area contributed by atoms with Crippen LogP contribution < -0.4 is 25.5 Å². The van der Waals surface area contributed by atoms with Gasteiger partial charge in [0, 0.05) is 21.8 Å². The number of rotatable bonds is 10. The summed E-state index contributed by atoms with van der Waals surface area (Å²) in [4.78, 5) is 25.2. The molecule has 0 saturated heterocycles. The molecule has 1 amide bonds. The number of para-hydroxylation sites is 1. The van der Waals surface area contributed by atoms with Crippen molar-refractivity contribution in [1.82, 2.24) is 16.1 Å². The number of nitrogens with zero attached hydrogens (tertiary/aromatic N) is 1. The molecule has 3 N–H and O–H groups in total. The summed E-state index contributed by atoms with van der Waals surface area (Å²) >= 11 is 17.7. The third kappa shape index (κ3) is 7.59. The number of nitrogens with one attached hydrogen (secondary N) is 3. The first-order chi connectivity index (χ1) is 18.1. The third-order valence-electron chi connectivity index (χ3n) is 5.14. The molecule has 2 aromatic rings. The van der Waals surface area contributed by atoms with Gasteiger partial charge in [-0.3, -0.25) is 4.79 Å². The number of halogens is 2. The van der Waals surface area contributed by atoms with Crippen LogP contribution in [0.2, 0.25) is 10.0 Å². The van der Waals surface area contributed by atoms with Gasteiger partial charge < -0.3 is 24.8 Å². The molecular weight excluding hydrogens is 551 g/mol. The monoisotopic (exact) mass is 578 g/mol. The van der Waals surface area contributed by atoms with Crippen LogP contribution in [0, 0.1) is 0 Å². The SMILES string of the molecule is CCOC(=O)C1=C(C)NC(=S)N[C@@H]1c1ccccc1OCC(=O)NN=Cc1cc(Cl)cc(Cl)c1OC(C)C. The standard InChI is InChI=1S/C26H28Cl2N4O5S/c1-5-35-25(34)22-15(4)30-26(38)31-23(22)18-8-6-7-9-20(18)36-13-21(33)32-29-12-16-10-17(27)11-19(28)24(16)37-14(2)3/h6-12,14,23H,5,13H2,1-4H3,(H,32,33)(H2,30,31,38)/t23-/m1/s1. The van der Waals surface area contributed by atoms with Crippen LogP contribution in [-0.4, -0.2) is 42.5 Å². The lowest BCUT2D eigenvalue weighted by molar-refractivity contribution is -0.139. The molecule has 0 radical (unpaired) electrons. The minimum Gasteiger partial charge on any atom is -0.489 e. The number of carbonyl (C=O) groups excluding carboxylic acids is 2. The number of allylic oxidation sites excluding steroid dienone is 1. The lowest BCUT2D eigenvalue weighted by Gasteiger charge is -2.30. The van der Waals surface area contributed by atoms with Crippen LogP contribution in [0.5, 0.6) is 11.5 Å². The van der Waals surface area contributed by atoms with E-state index in [-0.39, 0.29) is 19.3 Å². The Bertz CT molecular complexity index is 1280. The number of ether oxygens (including phenoxy) is 3. The highest BCUT2D eigenvalue weighted by Gasteiger charge is 2.32. The van der Waals surface area contributed by atoms with Crippen LogP contribution in [0.15, 0.2) is 52.8 Å². The summed E-state index contributed by atoms with van der Waals surface area (Å²) in [5, 5.41) is 11.1. The first-order valence-corrected chi connectivity index (χ1v) is 12.9. The smallest absolute Gasteiger partial charge is 0.338 e. The molecule has 9 nitrogen and oxygen atoms in total. The zero-order valence-electron chi connectivity index (χ0n) is 21.3. The summed E-state index contributed by atoms with van der Waals surface area (Å²) in [7, 11) is 0. The number of hydrogen-bond acceptors (Lipinski definition) is 7. The lowest BCUT2D eigenvalue weighted by Crippen LogP contribution is -2.45. The topological polar surface area (TPSA) is 110 Å². The second kappa shape index (κ2) is 13.5. The normalized spacial score (nSPS) is 15.2. The maximum absolute atomic E-state index is 12.7. The van der Waals surface area contributed by atoms with Crippen molar-refractivity contribution in [3.05, 3.63) is 68.8 Å². The van der Waals surface area contributed by atoms with Crippen molar-refractivity contribution in [3.63, 3.8) is 0 Å². The Kier molecular flexibility index (Phi) is 10.3. The molecular formula is C26H28Cl2N4O5S. The molecule has 2 aromatic carbocycles. The van der Waals surface area contributed by atoms with Gasteiger partial charge in [-0.2, -0.15) is 5.10 Å². The van der Waals surface area contributed by atoms with E-state index < -0.39 is 17.9 Å². The van der Waals surface area contributed by atoms with Gasteiger partial charge in [-0.05, 0) is 58.1 Å². The second-order valence-corrected chi connectivity index (χ2v) is 9.63. The Morgan fingerprint density at radius 2 is 1.97 bits per heavy atom. The largest absolute Gasteiger partial charge is 0.489 e. The van der Waals surface area contributed by atoms with Gasteiger partial charge in [0.2, 0.25) is 0 Å². The fourth-order valence-corrected chi connectivity index (χ4v) is 4.47. The first kappa shape index (κ1) is 29.2. The van der Waals surface area contributed by atoms with Crippen molar-refractivity contribution in [2.45, 2.75) is 39.8 Å². The fraction of sp³-hybridized carbons (Fsp3) is 0.308. The molecule has 38 heavy (non-hydrogen) atoms. The highest BCUT2D eigenvalue weighted by Crippen LogP contribution is 2.34. The molecule has 0 aliphatic carbocycles. The molecule has 0 aromatic heterocycles. The number of hydrogen-bond donors (Lipinski definition) is 3. The van der Waals surface area contributed by atoms with Gasteiger partial charge >= 0.3 is 5.97 Å². The molecule has 0 spiro atoms. The Morgan fingerprint density at radius 1 is 1.24 bits per heavy atom. The van der Waals surface area contributed by atoms with Crippen molar-refractivity contribution >= 4 is 58.6 Å². The minimum atomic E-state index is -0.632. The van der Waals surface area contributed by atoms with E-state index in [1.54, 1.807) is 50.2 Å². The van der Waals surface area contributed by atoms with Crippen molar-refractivity contribution < 1.29 is 23.8 Å². The average molecular weight is 580 g/mol. The molecule has 12 heteroatoms. The summed E-state index contributed by atoms with van der Waals surface area (Å²) < 4.78 is 16.8. The van der Waals surface area contributed by atoms with E-state index in [4.69, 9.17) is 49.6 Å². The van der Waals surface area contributed by atoms with Crippen LogP contribution in [0.4, 0.5) is 0 Å². The Morgan fingerprint density at radius 3 is 2.68 bits per heavy atom. The number of thiocarbonyl (C=S) groups is 1. The Balaban J connectivity index is 1.73. The number of benzene rings is 2. The van der Waals surface area contributed by atoms with Gasteiger partial charge in [-0.25, -0.2) is 10.2 Å². The summed E-state index contributed by atoms with van der Waals surface area (Å²) in [5.41, 5.74) is 4.46. The van der Waals surface area contributed by atoms with E-state index in [1.807, 2.05) is 13.8 Å². The fourth-order valence-electron chi connectivity index (χ4n) is 3.64. The van der Waals surface area contributed by atoms with E-state index >= 15 is 0 Å². The van der Waals surface area contributed by atoms with E-state index in [0.29, 0.717) is 49.1 Å². The molecule has 0 unspecified atom stereocenters. The van der Waals surface area contributed by atoms with Gasteiger partial charge in [0.1, 0.15) is 11.5 Å². The van der Waals surface area contributed by atoms with Crippen LogP contribution in [-0.2, 0) is 14.3 Å². The molecule has 3 rings (SSSR count). The number of carbonyl (C=O) groups is 2. The van der Waals surface area contributed by atoms with Crippen LogP contribution in [0.1, 0.15) is 44.9 Å². The molecule has 1 aliphatic heterocycles. The van der Waals surface area contributed by atoms with E-state index in [0.717, 1.165) is 0 Å². The van der Waals surface area contributed by atoms with Gasteiger partial charge in [0.15, 0.2) is 11.7 Å². The molecule has 1 atom stereocenters.